The maximum absolute atomic E-state index is 3.42. The molecule has 1 nitrogen and oxygen atoms in total. The number of unbranched alkanes of at least 4 members (excludes halogenated alkanes) is 1. The smallest absolute Gasteiger partial charge is 0.00672 e. The van der Waals surface area contributed by atoms with Crippen molar-refractivity contribution in [1.82, 2.24) is 5.32 Å². The number of benzene rings is 1. The first-order valence-electron chi connectivity index (χ1n) is 6.49. The molecule has 0 aliphatic rings. The Hall–Kier alpha value is -0.820. The highest BCUT2D eigenvalue weighted by atomic mass is 14.9. The van der Waals surface area contributed by atoms with Gasteiger partial charge in [0, 0.05) is 6.04 Å². The molecule has 0 heterocycles. The van der Waals surface area contributed by atoms with Crippen LogP contribution in [0.25, 0.3) is 0 Å². The fourth-order valence-corrected chi connectivity index (χ4v) is 2.09. The van der Waals surface area contributed by atoms with E-state index in [-0.39, 0.29) is 0 Å². The molecule has 1 heteroatoms. The lowest BCUT2D eigenvalue weighted by Crippen LogP contribution is -2.25. The number of hydrogen-bond donors (Lipinski definition) is 1. The Morgan fingerprint density at radius 3 is 2.69 bits per heavy atom. The van der Waals surface area contributed by atoms with E-state index in [0.29, 0.717) is 6.04 Å². The van der Waals surface area contributed by atoms with Crippen LogP contribution < -0.4 is 5.32 Å². The molecule has 0 amide bonds. The lowest BCUT2D eigenvalue weighted by molar-refractivity contribution is 0.471. The summed E-state index contributed by atoms with van der Waals surface area (Å²) in [5.74, 6) is 0. The molecule has 1 aromatic carbocycles. The summed E-state index contributed by atoms with van der Waals surface area (Å²) >= 11 is 0. The molecule has 0 aliphatic heterocycles. The van der Waals surface area contributed by atoms with Gasteiger partial charge >= 0.3 is 0 Å². The quantitative estimate of drug-likeness (QED) is 0.737. The summed E-state index contributed by atoms with van der Waals surface area (Å²) < 4.78 is 0. The van der Waals surface area contributed by atoms with Gasteiger partial charge in [0.15, 0.2) is 0 Å². The van der Waals surface area contributed by atoms with E-state index in [4.69, 9.17) is 0 Å². The predicted octanol–water partition coefficient (Wildman–Crippen LogP) is 3.71. The maximum Gasteiger partial charge on any atom is 0.00672 e. The fourth-order valence-electron chi connectivity index (χ4n) is 2.09. The third-order valence-electron chi connectivity index (χ3n) is 3.18. The first-order valence-corrected chi connectivity index (χ1v) is 6.49. The van der Waals surface area contributed by atoms with Crippen LogP contribution in [-0.2, 0) is 6.42 Å². The molecule has 0 bridgehead atoms. The van der Waals surface area contributed by atoms with Crippen LogP contribution >= 0.6 is 0 Å². The fraction of sp³-hybridized carbons (Fsp3) is 0.600. The first-order chi connectivity index (χ1) is 7.76. The second kappa shape index (κ2) is 7.45. The van der Waals surface area contributed by atoms with Crippen molar-refractivity contribution in [2.75, 3.05) is 7.05 Å². The minimum Gasteiger partial charge on any atom is -0.317 e. The molecule has 90 valence electrons. The van der Waals surface area contributed by atoms with Crippen LogP contribution in [0.3, 0.4) is 0 Å². The van der Waals surface area contributed by atoms with Crippen molar-refractivity contribution in [3.8, 4) is 0 Å². The zero-order valence-electron chi connectivity index (χ0n) is 10.9. The van der Waals surface area contributed by atoms with Crippen molar-refractivity contribution in [2.24, 2.45) is 0 Å². The highest BCUT2D eigenvalue weighted by Gasteiger charge is 2.05. The second-order valence-corrected chi connectivity index (χ2v) is 4.66. The van der Waals surface area contributed by atoms with Gasteiger partial charge in [-0.2, -0.15) is 0 Å². The van der Waals surface area contributed by atoms with Gasteiger partial charge in [0.1, 0.15) is 0 Å². The van der Waals surface area contributed by atoms with Crippen molar-refractivity contribution in [1.29, 1.82) is 0 Å². The molecule has 0 saturated carbocycles. The highest BCUT2D eigenvalue weighted by Crippen LogP contribution is 2.11. The number of aryl methyl sites for hydroxylation is 2. The van der Waals surface area contributed by atoms with Gasteiger partial charge in [0.25, 0.3) is 0 Å². The van der Waals surface area contributed by atoms with E-state index in [9.17, 15) is 0 Å². The minimum absolute atomic E-state index is 0.681. The van der Waals surface area contributed by atoms with E-state index in [0.717, 1.165) is 0 Å². The molecule has 1 atom stereocenters. The van der Waals surface area contributed by atoms with Crippen molar-refractivity contribution in [3.63, 3.8) is 0 Å². The van der Waals surface area contributed by atoms with Gasteiger partial charge in [-0.25, -0.2) is 0 Å². The Labute approximate surface area is 100 Å². The summed E-state index contributed by atoms with van der Waals surface area (Å²) in [4.78, 5) is 0. The topological polar surface area (TPSA) is 12.0 Å². The summed E-state index contributed by atoms with van der Waals surface area (Å²) in [5.41, 5.74) is 2.84. The van der Waals surface area contributed by atoms with Gasteiger partial charge in [0.2, 0.25) is 0 Å². The van der Waals surface area contributed by atoms with E-state index in [1.165, 1.54) is 43.2 Å². The van der Waals surface area contributed by atoms with Crippen molar-refractivity contribution >= 4 is 0 Å². The second-order valence-electron chi connectivity index (χ2n) is 4.66. The average Bonchev–Trinajstić information content (AvgIpc) is 2.29. The summed E-state index contributed by atoms with van der Waals surface area (Å²) in [5, 5.41) is 3.42. The normalized spacial score (nSPS) is 12.7. The van der Waals surface area contributed by atoms with Gasteiger partial charge < -0.3 is 5.32 Å². The molecule has 0 aromatic heterocycles. The molecule has 1 N–H and O–H groups in total. The lowest BCUT2D eigenvalue weighted by Gasteiger charge is -2.15. The number of hydrogen-bond acceptors (Lipinski definition) is 1. The maximum atomic E-state index is 3.42. The third kappa shape index (κ3) is 4.80. The molecule has 1 rings (SSSR count). The van der Waals surface area contributed by atoms with E-state index in [1.54, 1.807) is 0 Å². The van der Waals surface area contributed by atoms with Crippen LogP contribution in [0.15, 0.2) is 24.3 Å². The van der Waals surface area contributed by atoms with Gasteiger partial charge in [-0.3, -0.25) is 0 Å². The standard InChI is InChI=1S/C15H25N/c1-4-5-9-15(16-3)11-10-14-8-6-7-13(2)12-14/h6-8,12,15-16H,4-5,9-11H2,1-3H3. The summed E-state index contributed by atoms with van der Waals surface area (Å²) in [6.07, 6.45) is 6.37. The predicted molar refractivity (Wildman–Crippen MR) is 71.9 cm³/mol. The highest BCUT2D eigenvalue weighted by molar-refractivity contribution is 5.22. The van der Waals surface area contributed by atoms with Gasteiger partial charge in [-0.15, -0.1) is 0 Å². The lowest BCUT2D eigenvalue weighted by atomic mass is 10.0. The van der Waals surface area contributed by atoms with E-state index in [1.807, 2.05) is 0 Å². The molecule has 16 heavy (non-hydrogen) atoms. The average molecular weight is 219 g/mol. The van der Waals surface area contributed by atoms with Crippen molar-refractivity contribution < 1.29 is 0 Å². The van der Waals surface area contributed by atoms with Gasteiger partial charge in [-0.05, 0) is 38.8 Å². The van der Waals surface area contributed by atoms with Crippen molar-refractivity contribution in [2.45, 2.75) is 52.0 Å². The first kappa shape index (κ1) is 13.2. The van der Waals surface area contributed by atoms with Crippen LogP contribution in [0, 0.1) is 6.92 Å². The zero-order valence-corrected chi connectivity index (χ0v) is 10.9. The summed E-state index contributed by atoms with van der Waals surface area (Å²) in [6.45, 7) is 4.42. The van der Waals surface area contributed by atoms with Crippen LogP contribution in [0.1, 0.15) is 43.7 Å². The number of nitrogens with one attached hydrogen (secondary N) is 1. The third-order valence-corrected chi connectivity index (χ3v) is 3.18. The molecule has 0 spiro atoms. The Bertz CT molecular complexity index is 293. The van der Waals surface area contributed by atoms with Crippen molar-refractivity contribution in [3.05, 3.63) is 35.4 Å². The molecular formula is C15H25N. The zero-order chi connectivity index (χ0) is 11.8. The van der Waals surface area contributed by atoms with E-state index >= 15 is 0 Å². The summed E-state index contributed by atoms with van der Waals surface area (Å²) in [6, 6.07) is 9.54. The molecule has 1 aromatic rings. The van der Waals surface area contributed by atoms with Crippen LogP contribution in [0.2, 0.25) is 0 Å². The Morgan fingerprint density at radius 1 is 1.25 bits per heavy atom. The van der Waals surface area contributed by atoms with E-state index in [2.05, 4.69) is 50.5 Å². The monoisotopic (exact) mass is 219 g/mol. The van der Waals surface area contributed by atoms with Crippen LogP contribution in [-0.4, -0.2) is 13.1 Å². The largest absolute Gasteiger partial charge is 0.317 e. The molecular weight excluding hydrogens is 194 g/mol. The molecule has 0 saturated heterocycles. The summed E-state index contributed by atoms with van der Waals surface area (Å²) in [7, 11) is 2.08. The Balaban J connectivity index is 2.37. The molecule has 0 fully saturated rings. The molecule has 0 aliphatic carbocycles. The van der Waals surface area contributed by atoms with Gasteiger partial charge in [-0.1, -0.05) is 49.6 Å². The van der Waals surface area contributed by atoms with Crippen LogP contribution in [0.4, 0.5) is 0 Å². The Kier molecular flexibility index (Phi) is 6.17. The SMILES string of the molecule is CCCCC(CCc1cccc(C)c1)NC. The molecule has 1 unspecified atom stereocenters. The van der Waals surface area contributed by atoms with Gasteiger partial charge in [0.05, 0.1) is 0 Å². The van der Waals surface area contributed by atoms with E-state index < -0.39 is 0 Å². The minimum atomic E-state index is 0.681. The Morgan fingerprint density at radius 2 is 2.06 bits per heavy atom. The van der Waals surface area contributed by atoms with Crippen LogP contribution in [0.5, 0.6) is 0 Å². The molecule has 0 radical (unpaired) electrons. The number of rotatable bonds is 7.